The van der Waals surface area contributed by atoms with Gasteiger partial charge in [0.1, 0.15) is 5.75 Å². The van der Waals surface area contributed by atoms with Crippen LogP contribution in [0.1, 0.15) is 19.3 Å². The summed E-state index contributed by atoms with van der Waals surface area (Å²) in [6.07, 6.45) is 3.17. The lowest BCUT2D eigenvalue weighted by Gasteiger charge is -2.38. The van der Waals surface area contributed by atoms with Crippen molar-refractivity contribution in [2.24, 2.45) is 5.92 Å². The highest BCUT2D eigenvalue weighted by atomic mass is 35.5. The van der Waals surface area contributed by atoms with E-state index in [-0.39, 0.29) is 24.3 Å². The molecule has 1 heterocycles. The van der Waals surface area contributed by atoms with Gasteiger partial charge in [-0.3, -0.25) is 9.59 Å². The van der Waals surface area contributed by atoms with Crippen LogP contribution in [0.25, 0.3) is 0 Å². The second-order valence-corrected chi connectivity index (χ2v) is 7.04. The summed E-state index contributed by atoms with van der Waals surface area (Å²) in [7, 11) is 0. The molecule has 3 rings (SSSR count). The van der Waals surface area contributed by atoms with Crippen molar-refractivity contribution in [3.8, 4) is 5.75 Å². The Labute approximate surface area is 151 Å². The molecule has 0 atom stereocenters. The van der Waals surface area contributed by atoms with E-state index in [4.69, 9.17) is 27.9 Å². The van der Waals surface area contributed by atoms with Crippen molar-refractivity contribution >= 4 is 35.0 Å². The molecule has 7 heteroatoms. The number of carbonyl (C=O) groups is 2. The molecule has 1 aliphatic carbocycles. The fourth-order valence-electron chi connectivity index (χ4n) is 2.91. The topological polar surface area (TPSA) is 49.9 Å². The molecule has 0 N–H and O–H groups in total. The first-order valence-electron chi connectivity index (χ1n) is 8.19. The number of hydrogen-bond donors (Lipinski definition) is 0. The minimum Gasteiger partial charge on any atom is -0.482 e. The van der Waals surface area contributed by atoms with E-state index in [1.54, 1.807) is 23.1 Å². The van der Waals surface area contributed by atoms with Gasteiger partial charge < -0.3 is 14.5 Å². The largest absolute Gasteiger partial charge is 0.482 e. The highest BCUT2D eigenvalue weighted by Gasteiger charge is 2.32. The second-order valence-electron chi connectivity index (χ2n) is 6.20. The van der Waals surface area contributed by atoms with Gasteiger partial charge in [0.05, 0.1) is 5.02 Å². The van der Waals surface area contributed by atoms with Gasteiger partial charge in [-0.05, 0) is 31.0 Å². The maximum atomic E-state index is 12.3. The molecule has 1 saturated heterocycles. The maximum absolute atomic E-state index is 12.3. The summed E-state index contributed by atoms with van der Waals surface area (Å²) in [5.74, 6) is 0.796. The van der Waals surface area contributed by atoms with Crippen LogP contribution >= 0.6 is 23.2 Å². The van der Waals surface area contributed by atoms with Crippen molar-refractivity contribution in [1.29, 1.82) is 0 Å². The van der Waals surface area contributed by atoms with Gasteiger partial charge in [-0.15, -0.1) is 0 Å². The SMILES string of the molecule is O=C(COc1ccc(Cl)cc1Cl)N1CCN(C(=O)C2CCC2)CC1. The first-order chi connectivity index (χ1) is 11.5. The molecule has 0 radical (unpaired) electrons. The van der Waals surface area contributed by atoms with Gasteiger partial charge in [0.2, 0.25) is 5.91 Å². The number of ether oxygens (including phenoxy) is 1. The average Bonchev–Trinajstić information content (AvgIpc) is 2.52. The minimum absolute atomic E-state index is 0.0715. The van der Waals surface area contributed by atoms with Crippen molar-refractivity contribution in [2.45, 2.75) is 19.3 Å². The number of carbonyl (C=O) groups excluding carboxylic acids is 2. The number of rotatable bonds is 4. The summed E-state index contributed by atoms with van der Waals surface area (Å²) in [5, 5.41) is 0.900. The molecule has 130 valence electrons. The van der Waals surface area contributed by atoms with Crippen LogP contribution in [0.2, 0.25) is 10.0 Å². The number of nitrogens with zero attached hydrogens (tertiary/aromatic N) is 2. The van der Waals surface area contributed by atoms with Crippen molar-refractivity contribution in [3.05, 3.63) is 28.2 Å². The summed E-state index contributed by atoms with van der Waals surface area (Å²) in [4.78, 5) is 28.1. The van der Waals surface area contributed by atoms with Gasteiger partial charge in [0.15, 0.2) is 6.61 Å². The summed E-state index contributed by atoms with van der Waals surface area (Å²) in [6, 6.07) is 4.89. The van der Waals surface area contributed by atoms with E-state index < -0.39 is 0 Å². The highest BCUT2D eigenvalue weighted by molar-refractivity contribution is 6.35. The molecule has 1 aliphatic heterocycles. The quantitative estimate of drug-likeness (QED) is 0.818. The van der Waals surface area contributed by atoms with Gasteiger partial charge >= 0.3 is 0 Å². The molecular weight excluding hydrogens is 351 g/mol. The Hall–Kier alpha value is -1.46. The Balaban J connectivity index is 1.45. The lowest BCUT2D eigenvalue weighted by molar-refractivity contribution is -0.144. The molecule has 24 heavy (non-hydrogen) atoms. The number of benzene rings is 1. The van der Waals surface area contributed by atoms with Gasteiger partial charge in [0.25, 0.3) is 5.91 Å². The van der Waals surface area contributed by atoms with Crippen LogP contribution in [0.15, 0.2) is 18.2 Å². The molecule has 1 saturated carbocycles. The summed E-state index contributed by atoms with van der Waals surface area (Å²) in [5.41, 5.74) is 0. The van der Waals surface area contributed by atoms with Gasteiger partial charge in [-0.2, -0.15) is 0 Å². The average molecular weight is 371 g/mol. The van der Waals surface area contributed by atoms with E-state index in [2.05, 4.69) is 0 Å². The Morgan fingerprint density at radius 1 is 1.08 bits per heavy atom. The lowest BCUT2D eigenvalue weighted by Crippen LogP contribution is -2.53. The first kappa shape index (κ1) is 17.4. The predicted molar refractivity (Wildman–Crippen MR) is 92.5 cm³/mol. The fraction of sp³-hybridized carbons (Fsp3) is 0.529. The van der Waals surface area contributed by atoms with Crippen molar-refractivity contribution < 1.29 is 14.3 Å². The van der Waals surface area contributed by atoms with Crippen LogP contribution in [0.3, 0.4) is 0 Å². The summed E-state index contributed by atoms with van der Waals surface area (Å²) < 4.78 is 5.48. The number of halogens is 2. The van der Waals surface area contributed by atoms with Crippen LogP contribution in [0.4, 0.5) is 0 Å². The number of piperazine rings is 1. The molecule has 2 aliphatic rings. The van der Waals surface area contributed by atoms with Crippen molar-refractivity contribution in [3.63, 3.8) is 0 Å². The zero-order valence-corrected chi connectivity index (χ0v) is 14.9. The van der Waals surface area contributed by atoms with Crippen LogP contribution in [0.5, 0.6) is 5.75 Å². The second kappa shape index (κ2) is 7.62. The first-order valence-corrected chi connectivity index (χ1v) is 8.94. The van der Waals surface area contributed by atoms with E-state index in [0.717, 1.165) is 19.3 Å². The van der Waals surface area contributed by atoms with Gasteiger partial charge in [-0.1, -0.05) is 29.6 Å². The van der Waals surface area contributed by atoms with E-state index in [1.165, 1.54) is 0 Å². The molecule has 0 spiro atoms. The Bertz CT molecular complexity index is 626. The third kappa shape index (κ3) is 3.95. The van der Waals surface area contributed by atoms with Gasteiger partial charge in [0, 0.05) is 37.1 Å². The normalized spacial score (nSPS) is 18.2. The monoisotopic (exact) mass is 370 g/mol. The molecule has 1 aromatic carbocycles. The van der Waals surface area contributed by atoms with Crippen LogP contribution in [0, 0.1) is 5.92 Å². The van der Waals surface area contributed by atoms with E-state index >= 15 is 0 Å². The molecule has 0 aromatic heterocycles. The maximum Gasteiger partial charge on any atom is 0.260 e. The Morgan fingerprint density at radius 3 is 2.33 bits per heavy atom. The zero-order chi connectivity index (χ0) is 17.1. The molecule has 2 fully saturated rings. The van der Waals surface area contributed by atoms with Crippen LogP contribution < -0.4 is 4.74 Å². The van der Waals surface area contributed by atoms with E-state index in [0.29, 0.717) is 42.0 Å². The minimum atomic E-state index is -0.100. The molecule has 1 aromatic rings. The lowest BCUT2D eigenvalue weighted by atomic mass is 9.84. The zero-order valence-electron chi connectivity index (χ0n) is 13.3. The molecule has 2 amide bonds. The van der Waals surface area contributed by atoms with Crippen LogP contribution in [-0.2, 0) is 9.59 Å². The Kier molecular flexibility index (Phi) is 5.51. The van der Waals surface area contributed by atoms with Crippen LogP contribution in [-0.4, -0.2) is 54.4 Å². The summed E-state index contributed by atoms with van der Waals surface area (Å²) in [6.45, 7) is 2.23. The number of amides is 2. The number of hydrogen-bond acceptors (Lipinski definition) is 3. The van der Waals surface area contributed by atoms with Crippen molar-refractivity contribution in [1.82, 2.24) is 9.80 Å². The van der Waals surface area contributed by atoms with Crippen molar-refractivity contribution in [2.75, 3.05) is 32.8 Å². The standard InChI is InChI=1S/C17H20Cl2N2O3/c18-13-4-5-15(14(19)10-13)24-11-16(22)20-6-8-21(9-7-20)17(23)12-2-1-3-12/h4-5,10,12H,1-3,6-9,11H2. The summed E-state index contributed by atoms with van der Waals surface area (Å²) >= 11 is 11.9. The third-order valence-electron chi connectivity index (χ3n) is 4.64. The third-order valence-corrected chi connectivity index (χ3v) is 5.17. The van der Waals surface area contributed by atoms with Gasteiger partial charge in [-0.25, -0.2) is 0 Å². The predicted octanol–water partition coefficient (Wildman–Crippen LogP) is 2.84. The Morgan fingerprint density at radius 2 is 1.75 bits per heavy atom. The molecule has 0 unspecified atom stereocenters. The molecule has 0 bridgehead atoms. The fourth-order valence-corrected chi connectivity index (χ4v) is 3.38. The highest BCUT2D eigenvalue weighted by Crippen LogP contribution is 2.29. The van der Waals surface area contributed by atoms with E-state index in [9.17, 15) is 9.59 Å². The van der Waals surface area contributed by atoms with E-state index in [1.807, 2.05) is 4.90 Å². The molecular formula is C17H20Cl2N2O3. The smallest absolute Gasteiger partial charge is 0.260 e. The molecule has 5 nitrogen and oxygen atoms in total.